The molecule has 0 fully saturated rings. The Morgan fingerprint density at radius 2 is 1.88 bits per heavy atom. The molecule has 0 unspecified atom stereocenters. The lowest BCUT2D eigenvalue weighted by Crippen LogP contribution is -2.06. The first-order valence-electron chi connectivity index (χ1n) is 6.97. The number of hydrogen-bond acceptors (Lipinski definition) is 2. The molecule has 0 amide bonds. The first-order chi connectivity index (χ1) is 8.16. The van der Waals surface area contributed by atoms with Crippen LogP contribution in [0.2, 0.25) is 0 Å². The van der Waals surface area contributed by atoms with Crippen LogP contribution in [-0.4, -0.2) is 12.6 Å². The topological polar surface area (TPSA) is 26.3 Å². The molecule has 2 heteroatoms. The van der Waals surface area contributed by atoms with Crippen molar-refractivity contribution < 1.29 is 9.53 Å². The quantitative estimate of drug-likeness (QED) is 0.319. The van der Waals surface area contributed by atoms with Crippen LogP contribution < -0.4 is 0 Å². The minimum absolute atomic E-state index is 0.0659. The number of ether oxygens (including phenoxy) is 1. The Balaban J connectivity index is 3.32. The Hall–Kier alpha value is -0.790. The zero-order valence-electron chi connectivity index (χ0n) is 11.7. The van der Waals surface area contributed by atoms with Crippen molar-refractivity contribution >= 4 is 5.97 Å². The van der Waals surface area contributed by atoms with Crippen molar-refractivity contribution in [1.29, 1.82) is 0 Å². The predicted molar refractivity (Wildman–Crippen MR) is 72.9 cm³/mol. The highest BCUT2D eigenvalue weighted by Gasteiger charge is 2.01. The number of allylic oxidation sites excluding steroid dienone is 2. The monoisotopic (exact) mass is 240 g/mol. The van der Waals surface area contributed by atoms with Gasteiger partial charge in [0.1, 0.15) is 0 Å². The van der Waals surface area contributed by atoms with E-state index < -0.39 is 0 Å². The molecule has 0 rings (SSSR count). The van der Waals surface area contributed by atoms with Gasteiger partial charge in [0.2, 0.25) is 0 Å². The highest BCUT2D eigenvalue weighted by atomic mass is 16.5. The Bertz CT molecular complexity index is 207. The normalized spacial score (nSPS) is 11.3. The minimum atomic E-state index is -0.0659. The zero-order valence-corrected chi connectivity index (χ0v) is 11.7. The number of carbonyl (C=O) groups excluding carboxylic acids is 1. The van der Waals surface area contributed by atoms with Crippen LogP contribution in [0.1, 0.15) is 65.7 Å². The molecule has 0 spiro atoms. The van der Waals surface area contributed by atoms with Crippen LogP contribution in [0, 0.1) is 5.92 Å². The zero-order chi connectivity index (χ0) is 12.9. The fraction of sp³-hybridized carbons (Fsp3) is 0.800. The van der Waals surface area contributed by atoms with Gasteiger partial charge in [0, 0.05) is 6.42 Å². The molecule has 0 aliphatic heterocycles. The Morgan fingerprint density at radius 1 is 1.18 bits per heavy atom. The van der Waals surface area contributed by atoms with E-state index >= 15 is 0 Å². The molecule has 100 valence electrons. The highest BCUT2D eigenvalue weighted by Crippen LogP contribution is 2.03. The molecule has 0 aromatic rings. The Morgan fingerprint density at radius 3 is 2.53 bits per heavy atom. The smallest absolute Gasteiger partial charge is 0.306 e. The molecule has 0 aliphatic carbocycles. The van der Waals surface area contributed by atoms with Gasteiger partial charge in [-0.05, 0) is 31.6 Å². The van der Waals surface area contributed by atoms with Crippen LogP contribution in [0.4, 0.5) is 0 Å². The van der Waals surface area contributed by atoms with E-state index in [4.69, 9.17) is 4.74 Å². The van der Waals surface area contributed by atoms with Crippen LogP contribution in [-0.2, 0) is 9.53 Å². The second-order valence-corrected chi connectivity index (χ2v) is 4.91. The number of esters is 1. The molecule has 0 N–H and O–H groups in total. The van der Waals surface area contributed by atoms with Gasteiger partial charge in [-0.1, -0.05) is 45.8 Å². The van der Waals surface area contributed by atoms with Crippen molar-refractivity contribution in [1.82, 2.24) is 0 Å². The lowest BCUT2D eigenvalue weighted by Gasteiger charge is -2.05. The lowest BCUT2D eigenvalue weighted by atomic mass is 10.1. The number of unbranched alkanes of at least 4 members (excludes halogenated alkanes) is 3. The van der Waals surface area contributed by atoms with E-state index in [9.17, 15) is 4.79 Å². The summed E-state index contributed by atoms with van der Waals surface area (Å²) in [4.78, 5) is 11.3. The largest absolute Gasteiger partial charge is 0.466 e. The second-order valence-electron chi connectivity index (χ2n) is 4.91. The van der Waals surface area contributed by atoms with Gasteiger partial charge >= 0.3 is 5.97 Å². The first-order valence-corrected chi connectivity index (χ1v) is 6.97. The van der Waals surface area contributed by atoms with E-state index in [1.54, 1.807) is 0 Å². The van der Waals surface area contributed by atoms with Crippen molar-refractivity contribution in [3.63, 3.8) is 0 Å². The van der Waals surface area contributed by atoms with Crippen LogP contribution >= 0.6 is 0 Å². The SMILES string of the molecule is CCCCC/C=C/CCC(=O)OCCC(C)C. The maximum Gasteiger partial charge on any atom is 0.306 e. The standard InChI is InChI=1S/C15H28O2/c1-4-5-6-7-8-9-10-11-15(16)17-13-12-14(2)3/h8-9,14H,4-7,10-13H2,1-3H3/b9-8+. The van der Waals surface area contributed by atoms with Crippen LogP contribution in [0.25, 0.3) is 0 Å². The molecule has 0 bridgehead atoms. The van der Waals surface area contributed by atoms with Gasteiger partial charge in [0.15, 0.2) is 0 Å². The Labute approximate surface area is 106 Å². The molecule has 0 saturated heterocycles. The third kappa shape index (κ3) is 13.1. The maximum atomic E-state index is 11.3. The van der Waals surface area contributed by atoms with Crippen molar-refractivity contribution in [2.75, 3.05) is 6.61 Å². The van der Waals surface area contributed by atoms with Crippen molar-refractivity contribution in [2.24, 2.45) is 5.92 Å². The predicted octanol–water partition coefficient (Wildman–Crippen LogP) is 4.49. The van der Waals surface area contributed by atoms with E-state index in [1.165, 1.54) is 19.3 Å². The summed E-state index contributed by atoms with van der Waals surface area (Å²) in [5, 5.41) is 0. The maximum absolute atomic E-state index is 11.3. The molecule has 0 saturated carbocycles. The van der Waals surface area contributed by atoms with E-state index in [1.807, 2.05) is 0 Å². The third-order valence-corrected chi connectivity index (χ3v) is 2.61. The van der Waals surface area contributed by atoms with E-state index in [0.29, 0.717) is 18.9 Å². The summed E-state index contributed by atoms with van der Waals surface area (Å²) >= 11 is 0. The summed E-state index contributed by atoms with van der Waals surface area (Å²) in [6.07, 6.45) is 11.5. The van der Waals surface area contributed by atoms with Crippen molar-refractivity contribution in [2.45, 2.75) is 65.7 Å². The molecule has 2 nitrogen and oxygen atoms in total. The van der Waals surface area contributed by atoms with E-state index in [2.05, 4.69) is 32.9 Å². The van der Waals surface area contributed by atoms with Gasteiger partial charge in [-0.15, -0.1) is 0 Å². The molecule has 0 radical (unpaired) electrons. The molecule has 17 heavy (non-hydrogen) atoms. The number of carbonyl (C=O) groups is 1. The molecule has 0 aliphatic rings. The van der Waals surface area contributed by atoms with E-state index in [-0.39, 0.29) is 5.97 Å². The summed E-state index contributed by atoms with van der Waals surface area (Å²) in [6.45, 7) is 7.04. The molecule has 0 aromatic heterocycles. The fourth-order valence-corrected chi connectivity index (χ4v) is 1.43. The van der Waals surface area contributed by atoms with Gasteiger partial charge in [0.05, 0.1) is 6.61 Å². The second kappa shape index (κ2) is 11.7. The van der Waals surface area contributed by atoms with Crippen molar-refractivity contribution in [3.8, 4) is 0 Å². The summed E-state index contributed by atoms with van der Waals surface area (Å²) in [5.74, 6) is 0.533. The van der Waals surface area contributed by atoms with Crippen LogP contribution in [0.5, 0.6) is 0 Å². The molecular weight excluding hydrogens is 212 g/mol. The fourth-order valence-electron chi connectivity index (χ4n) is 1.43. The van der Waals surface area contributed by atoms with Crippen LogP contribution in [0.15, 0.2) is 12.2 Å². The third-order valence-electron chi connectivity index (χ3n) is 2.61. The molecule has 0 atom stereocenters. The Kier molecular flexibility index (Phi) is 11.1. The first kappa shape index (κ1) is 16.2. The van der Waals surface area contributed by atoms with Gasteiger partial charge in [-0.25, -0.2) is 0 Å². The lowest BCUT2D eigenvalue weighted by molar-refractivity contribution is -0.143. The van der Waals surface area contributed by atoms with Crippen molar-refractivity contribution in [3.05, 3.63) is 12.2 Å². The molecule has 0 aromatic carbocycles. The average Bonchev–Trinajstić information content (AvgIpc) is 2.27. The highest BCUT2D eigenvalue weighted by molar-refractivity contribution is 5.69. The summed E-state index contributed by atoms with van der Waals surface area (Å²) in [5.41, 5.74) is 0. The van der Waals surface area contributed by atoms with Gasteiger partial charge < -0.3 is 4.74 Å². The van der Waals surface area contributed by atoms with Gasteiger partial charge in [-0.3, -0.25) is 4.79 Å². The number of rotatable bonds is 10. The summed E-state index contributed by atoms with van der Waals surface area (Å²) in [7, 11) is 0. The molecule has 0 heterocycles. The van der Waals surface area contributed by atoms with Gasteiger partial charge in [-0.2, -0.15) is 0 Å². The summed E-state index contributed by atoms with van der Waals surface area (Å²) in [6, 6.07) is 0. The average molecular weight is 240 g/mol. The van der Waals surface area contributed by atoms with Crippen LogP contribution in [0.3, 0.4) is 0 Å². The number of hydrogen-bond donors (Lipinski definition) is 0. The molecular formula is C15H28O2. The minimum Gasteiger partial charge on any atom is -0.466 e. The summed E-state index contributed by atoms with van der Waals surface area (Å²) < 4.78 is 5.13. The van der Waals surface area contributed by atoms with Gasteiger partial charge in [0.25, 0.3) is 0 Å². The van der Waals surface area contributed by atoms with E-state index in [0.717, 1.165) is 19.3 Å².